The largest absolute Gasteiger partial charge is 0.418 e. The van der Waals surface area contributed by atoms with Gasteiger partial charge in [0.25, 0.3) is 0 Å². The number of Topliss-reactive ketones (excluding diaryl/α,β-unsaturated/α-hetero) is 1. The third-order valence-electron chi connectivity index (χ3n) is 3.19. The van der Waals surface area contributed by atoms with Gasteiger partial charge in [-0.3, -0.25) is 10.1 Å². The van der Waals surface area contributed by atoms with Crippen molar-refractivity contribution in [2.45, 2.75) is 19.8 Å². The van der Waals surface area contributed by atoms with E-state index < -0.39 is 6.09 Å². The second-order valence-electron chi connectivity index (χ2n) is 5.06. The molecule has 1 heterocycles. The molecular weight excluding hydrogens is 288 g/mol. The van der Waals surface area contributed by atoms with Gasteiger partial charge >= 0.3 is 6.09 Å². The Morgan fingerprint density at radius 1 is 1.33 bits per heavy atom. The molecule has 0 spiro atoms. The molecule has 1 amide bonds. The number of anilines is 1. The number of thiazole rings is 1. The smallest absolute Gasteiger partial charge is 0.410 e. The SMILES string of the molecule is CC1CC(=O)c2sc(NC(=O)Oc3ccccc3)nc2C1. The zero-order valence-corrected chi connectivity index (χ0v) is 12.3. The predicted octanol–water partition coefficient (Wildman–Crippen LogP) is 3.52. The van der Waals surface area contributed by atoms with Gasteiger partial charge in [-0.05, 0) is 24.5 Å². The molecule has 3 rings (SSSR count). The molecule has 1 aromatic heterocycles. The van der Waals surface area contributed by atoms with Gasteiger partial charge in [0.05, 0.1) is 10.6 Å². The van der Waals surface area contributed by atoms with Gasteiger partial charge in [-0.1, -0.05) is 36.5 Å². The first-order chi connectivity index (χ1) is 10.1. The van der Waals surface area contributed by atoms with Gasteiger partial charge in [-0.2, -0.15) is 0 Å². The number of nitrogens with one attached hydrogen (secondary N) is 1. The predicted molar refractivity (Wildman–Crippen MR) is 80.0 cm³/mol. The van der Waals surface area contributed by atoms with Crippen LogP contribution >= 0.6 is 11.3 Å². The minimum atomic E-state index is -0.604. The van der Waals surface area contributed by atoms with E-state index in [4.69, 9.17) is 4.74 Å². The molecule has 21 heavy (non-hydrogen) atoms. The molecular formula is C15H14N2O3S. The number of amides is 1. The lowest BCUT2D eigenvalue weighted by atomic mass is 9.92. The Labute approximate surface area is 126 Å². The van der Waals surface area contributed by atoms with E-state index in [-0.39, 0.29) is 5.78 Å². The summed E-state index contributed by atoms with van der Waals surface area (Å²) in [5.41, 5.74) is 0.777. The van der Waals surface area contributed by atoms with Crippen LogP contribution in [0.25, 0.3) is 0 Å². The van der Waals surface area contributed by atoms with Gasteiger partial charge in [-0.25, -0.2) is 9.78 Å². The van der Waals surface area contributed by atoms with Crippen LogP contribution in [0.1, 0.15) is 28.7 Å². The number of benzene rings is 1. The summed E-state index contributed by atoms with van der Waals surface area (Å²) in [6.07, 6.45) is 0.712. The molecule has 0 bridgehead atoms. The molecule has 0 radical (unpaired) electrons. The van der Waals surface area contributed by atoms with Crippen LogP contribution in [-0.2, 0) is 6.42 Å². The minimum absolute atomic E-state index is 0.103. The molecule has 1 aromatic carbocycles. The number of ketones is 1. The Balaban J connectivity index is 1.70. The lowest BCUT2D eigenvalue weighted by molar-refractivity contribution is 0.0957. The van der Waals surface area contributed by atoms with E-state index in [2.05, 4.69) is 10.3 Å². The molecule has 1 atom stereocenters. The molecule has 1 aliphatic rings. The number of carbonyl (C=O) groups excluding carboxylic acids is 2. The highest BCUT2D eigenvalue weighted by Gasteiger charge is 2.27. The maximum absolute atomic E-state index is 11.9. The van der Waals surface area contributed by atoms with Crippen molar-refractivity contribution in [3.05, 3.63) is 40.9 Å². The summed E-state index contributed by atoms with van der Waals surface area (Å²) in [7, 11) is 0. The number of aromatic nitrogens is 1. The number of fused-ring (bicyclic) bond motifs is 1. The Morgan fingerprint density at radius 3 is 2.86 bits per heavy atom. The van der Waals surface area contributed by atoms with E-state index >= 15 is 0 Å². The van der Waals surface area contributed by atoms with Crippen molar-refractivity contribution in [3.63, 3.8) is 0 Å². The monoisotopic (exact) mass is 302 g/mol. The highest BCUT2D eigenvalue weighted by Crippen LogP contribution is 2.32. The lowest BCUT2D eigenvalue weighted by Gasteiger charge is -2.14. The molecule has 2 aromatic rings. The Hall–Kier alpha value is -2.21. The molecule has 1 unspecified atom stereocenters. The number of nitrogens with zero attached hydrogens (tertiary/aromatic N) is 1. The van der Waals surface area contributed by atoms with E-state index in [9.17, 15) is 9.59 Å². The van der Waals surface area contributed by atoms with Crippen LogP contribution in [0.3, 0.4) is 0 Å². The average molecular weight is 302 g/mol. The van der Waals surface area contributed by atoms with Crippen molar-refractivity contribution in [2.75, 3.05) is 5.32 Å². The molecule has 1 N–H and O–H groups in total. The fraction of sp³-hybridized carbons (Fsp3) is 0.267. The van der Waals surface area contributed by atoms with Crippen LogP contribution in [0.4, 0.5) is 9.93 Å². The topological polar surface area (TPSA) is 68.3 Å². The first kappa shape index (κ1) is 13.8. The molecule has 0 saturated carbocycles. The number of rotatable bonds is 2. The summed E-state index contributed by atoms with van der Waals surface area (Å²) in [4.78, 5) is 28.7. The maximum Gasteiger partial charge on any atom is 0.418 e. The number of hydrogen-bond acceptors (Lipinski definition) is 5. The zero-order valence-electron chi connectivity index (χ0n) is 11.5. The quantitative estimate of drug-likeness (QED) is 0.921. The van der Waals surface area contributed by atoms with Crippen molar-refractivity contribution in [1.29, 1.82) is 0 Å². The van der Waals surface area contributed by atoms with E-state index in [1.54, 1.807) is 24.3 Å². The Bertz CT molecular complexity index is 681. The summed E-state index contributed by atoms with van der Waals surface area (Å²) in [6.45, 7) is 2.02. The highest BCUT2D eigenvalue weighted by molar-refractivity contribution is 7.17. The fourth-order valence-corrected chi connectivity index (χ4v) is 3.21. The normalized spacial score (nSPS) is 17.2. The van der Waals surface area contributed by atoms with Crippen molar-refractivity contribution < 1.29 is 14.3 Å². The van der Waals surface area contributed by atoms with E-state index in [1.807, 2.05) is 13.0 Å². The minimum Gasteiger partial charge on any atom is -0.410 e. The van der Waals surface area contributed by atoms with E-state index in [1.165, 1.54) is 11.3 Å². The average Bonchev–Trinajstić information content (AvgIpc) is 2.82. The van der Waals surface area contributed by atoms with Crippen LogP contribution in [-0.4, -0.2) is 16.9 Å². The first-order valence-corrected chi connectivity index (χ1v) is 7.50. The van der Waals surface area contributed by atoms with Gasteiger partial charge in [0.15, 0.2) is 10.9 Å². The third-order valence-corrected chi connectivity index (χ3v) is 4.24. The van der Waals surface area contributed by atoms with Crippen molar-refractivity contribution in [2.24, 2.45) is 5.92 Å². The van der Waals surface area contributed by atoms with E-state index in [0.717, 1.165) is 12.1 Å². The van der Waals surface area contributed by atoms with Gasteiger partial charge in [0, 0.05) is 6.42 Å². The molecule has 0 saturated heterocycles. The molecule has 1 aliphatic carbocycles. The van der Waals surface area contributed by atoms with E-state index in [0.29, 0.717) is 28.1 Å². The number of carbonyl (C=O) groups is 2. The second-order valence-corrected chi connectivity index (χ2v) is 6.06. The molecule has 108 valence electrons. The van der Waals surface area contributed by atoms with Crippen LogP contribution in [0.15, 0.2) is 30.3 Å². The Morgan fingerprint density at radius 2 is 2.10 bits per heavy atom. The zero-order chi connectivity index (χ0) is 14.8. The van der Waals surface area contributed by atoms with Crippen LogP contribution < -0.4 is 10.1 Å². The van der Waals surface area contributed by atoms with Crippen LogP contribution in [0.2, 0.25) is 0 Å². The molecule has 0 aliphatic heterocycles. The molecule has 0 fully saturated rings. The second kappa shape index (κ2) is 5.65. The van der Waals surface area contributed by atoms with Gasteiger partial charge < -0.3 is 4.74 Å². The van der Waals surface area contributed by atoms with Gasteiger partial charge in [-0.15, -0.1) is 0 Å². The Kier molecular flexibility index (Phi) is 3.70. The summed E-state index contributed by atoms with van der Waals surface area (Å²) in [6, 6.07) is 8.79. The highest BCUT2D eigenvalue weighted by atomic mass is 32.1. The number of hydrogen-bond donors (Lipinski definition) is 1. The summed E-state index contributed by atoms with van der Waals surface area (Å²) >= 11 is 1.21. The summed E-state index contributed by atoms with van der Waals surface area (Å²) in [5.74, 6) is 0.864. The number of ether oxygens (including phenoxy) is 1. The van der Waals surface area contributed by atoms with Crippen molar-refractivity contribution in [1.82, 2.24) is 4.98 Å². The molecule has 5 nitrogen and oxygen atoms in total. The summed E-state index contributed by atoms with van der Waals surface area (Å²) in [5, 5.41) is 2.98. The number of para-hydroxylation sites is 1. The van der Waals surface area contributed by atoms with Crippen molar-refractivity contribution >= 4 is 28.3 Å². The first-order valence-electron chi connectivity index (χ1n) is 6.68. The fourth-order valence-electron chi connectivity index (χ4n) is 2.28. The third kappa shape index (κ3) is 3.11. The van der Waals surface area contributed by atoms with Crippen LogP contribution in [0.5, 0.6) is 5.75 Å². The van der Waals surface area contributed by atoms with Gasteiger partial charge in [0.2, 0.25) is 0 Å². The standard InChI is InChI=1S/C15H14N2O3S/c1-9-7-11-13(12(18)8-9)21-14(16-11)17-15(19)20-10-5-3-2-4-6-10/h2-6,9H,7-8H2,1H3,(H,16,17,19). The molecule has 6 heteroatoms. The van der Waals surface area contributed by atoms with Crippen molar-refractivity contribution in [3.8, 4) is 5.75 Å². The van der Waals surface area contributed by atoms with Gasteiger partial charge in [0.1, 0.15) is 5.75 Å². The van der Waals surface area contributed by atoms with Crippen LogP contribution in [0, 0.1) is 5.92 Å². The maximum atomic E-state index is 11.9. The summed E-state index contributed by atoms with van der Waals surface area (Å²) < 4.78 is 5.13. The lowest BCUT2D eigenvalue weighted by Crippen LogP contribution is -2.17.